The van der Waals surface area contributed by atoms with Crippen LogP contribution in [0.15, 0.2) is 90.2 Å². The molecule has 10 heteroatoms. The number of carbonyl (C=O) groups is 2. The maximum atomic E-state index is 13.8. The lowest BCUT2D eigenvalue weighted by Crippen LogP contribution is -2.18. The topological polar surface area (TPSA) is 85.6 Å². The molecule has 0 saturated heterocycles. The molecule has 7 nitrogen and oxygen atoms in total. The number of fused-ring (bicyclic) bond motifs is 1. The van der Waals surface area contributed by atoms with Crippen molar-refractivity contribution in [3.63, 3.8) is 0 Å². The molecule has 5 rings (SSSR count). The quantitative estimate of drug-likeness (QED) is 0.122. The van der Waals surface area contributed by atoms with Gasteiger partial charge in [-0.15, -0.1) is 11.3 Å². The van der Waals surface area contributed by atoms with Crippen molar-refractivity contribution in [2.75, 3.05) is 0 Å². The number of nitrogens with one attached hydrogen (secondary N) is 1. The van der Waals surface area contributed by atoms with Gasteiger partial charge in [-0.1, -0.05) is 48.0 Å². The molecule has 184 valence electrons. The highest BCUT2D eigenvalue weighted by atomic mass is 35.5. The smallest absolute Gasteiger partial charge is 0.355 e. The lowest BCUT2D eigenvalue weighted by Gasteiger charge is -2.03. The molecule has 0 radical (unpaired) electrons. The van der Waals surface area contributed by atoms with Gasteiger partial charge in [0.1, 0.15) is 16.4 Å². The van der Waals surface area contributed by atoms with Crippen LogP contribution in [-0.2, 0) is 6.54 Å². The predicted molar refractivity (Wildman–Crippen MR) is 141 cm³/mol. The van der Waals surface area contributed by atoms with Crippen LogP contribution in [0.2, 0.25) is 5.02 Å². The van der Waals surface area contributed by atoms with E-state index in [-0.39, 0.29) is 18.1 Å². The van der Waals surface area contributed by atoms with E-state index in [4.69, 9.17) is 16.3 Å². The van der Waals surface area contributed by atoms with E-state index in [9.17, 15) is 14.0 Å². The third-order valence-corrected chi connectivity index (χ3v) is 7.01. The fraction of sp³-hybridized carbons (Fsp3) is 0.0370. The zero-order valence-electron chi connectivity index (χ0n) is 19.1. The van der Waals surface area contributed by atoms with Gasteiger partial charge in [-0.05, 0) is 48.0 Å². The molecule has 0 fully saturated rings. The Morgan fingerprint density at radius 3 is 2.59 bits per heavy atom. The van der Waals surface area contributed by atoms with Gasteiger partial charge in [0.05, 0.1) is 17.8 Å². The standard InChI is InChI=1S/C27H18ClFN4O3S/c28-24-20-6-2-4-8-23(20)37-25(24)27(35)36-19-11-9-17(10-12-19)15-30-31-26(34)22-13-14-33(32-22)16-18-5-1-3-7-21(18)29/h1-15H,16H2,(H,31,34). The molecule has 0 aliphatic rings. The minimum absolute atomic E-state index is 0.149. The molecule has 0 spiro atoms. The van der Waals surface area contributed by atoms with Gasteiger partial charge in [0.15, 0.2) is 5.69 Å². The Morgan fingerprint density at radius 1 is 1.05 bits per heavy atom. The summed E-state index contributed by atoms with van der Waals surface area (Å²) in [6.45, 7) is 0.204. The molecule has 0 atom stereocenters. The zero-order valence-corrected chi connectivity index (χ0v) is 20.7. The number of amides is 1. The van der Waals surface area contributed by atoms with Crippen molar-refractivity contribution in [2.24, 2.45) is 5.10 Å². The van der Waals surface area contributed by atoms with Crippen LogP contribution in [-0.4, -0.2) is 27.9 Å². The summed E-state index contributed by atoms with van der Waals surface area (Å²) < 4.78 is 21.7. The van der Waals surface area contributed by atoms with E-state index in [1.54, 1.807) is 48.7 Å². The van der Waals surface area contributed by atoms with E-state index in [1.807, 2.05) is 24.3 Å². The van der Waals surface area contributed by atoms with Gasteiger partial charge >= 0.3 is 5.97 Å². The van der Waals surface area contributed by atoms with Crippen molar-refractivity contribution in [3.8, 4) is 5.75 Å². The summed E-state index contributed by atoms with van der Waals surface area (Å²) in [5, 5.41) is 9.29. The van der Waals surface area contributed by atoms with Crippen LogP contribution in [0.25, 0.3) is 10.1 Å². The molecule has 0 saturated carbocycles. The number of aromatic nitrogens is 2. The van der Waals surface area contributed by atoms with Crippen LogP contribution in [0.5, 0.6) is 5.75 Å². The highest BCUT2D eigenvalue weighted by Crippen LogP contribution is 2.35. The second-order valence-electron chi connectivity index (χ2n) is 7.89. The summed E-state index contributed by atoms with van der Waals surface area (Å²) in [6, 6.07) is 22.0. The number of esters is 1. The van der Waals surface area contributed by atoms with Crippen LogP contribution in [0.1, 0.15) is 31.3 Å². The lowest BCUT2D eigenvalue weighted by atomic mass is 10.2. The number of carbonyl (C=O) groups excluding carboxylic acids is 2. The molecule has 0 aliphatic heterocycles. The first-order chi connectivity index (χ1) is 18.0. The fourth-order valence-corrected chi connectivity index (χ4v) is 4.90. The Kier molecular flexibility index (Phi) is 7.07. The van der Waals surface area contributed by atoms with Gasteiger partial charge in [-0.3, -0.25) is 9.48 Å². The molecule has 1 amide bonds. The number of benzene rings is 3. The van der Waals surface area contributed by atoms with Crippen LogP contribution >= 0.6 is 22.9 Å². The normalized spacial score (nSPS) is 11.2. The lowest BCUT2D eigenvalue weighted by molar-refractivity contribution is 0.0739. The van der Waals surface area contributed by atoms with Gasteiger partial charge in [0, 0.05) is 21.8 Å². The average molecular weight is 533 g/mol. The van der Waals surface area contributed by atoms with Crippen LogP contribution < -0.4 is 10.2 Å². The Morgan fingerprint density at radius 2 is 1.81 bits per heavy atom. The SMILES string of the molecule is O=C(NN=Cc1ccc(OC(=O)c2sc3ccccc3c2Cl)cc1)c1ccn(Cc2ccccc2F)n1. The van der Waals surface area contributed by atoms with Gasteiger partial charge in [-0.2, -0.15) is 10.2 Å². The molecule has 0 bridgehead atoms. The molecule has 2 heterocycles. The average Bonchev–Trinajstić information content (AvgIpc) is 3.51. The Labute approximate surface area is 219 Å². The van der Waals surface area contributed by atoms with E-state index in [0.717, 1.165) is 10.1 Å². The first kappa shape index (κ1) is 24.4. The first-order valence-electron chi connectivity index (χ1n) is 11.1. The summed E-state index contributed by atoms with van der Waals surface area (Å²) >= 11 is 7.63. The summed E-state index contributed by atoms with van der Waals surface area (Å²) in [6.07, 6.45) is 3.04. The van der Waals surface area contributed by atoms with Crippen molar-refractivity contribution >= 4 is 51.1 Å². The monoisotopic (exact) mass is 532 g/mol. The minimum atomic E-state index is -0.533. The van der Waals surface area contributed by atoms with Crippen LogP contribution in [0.3, 0.4) is 0 Å². The summed E-state index contributed by atoms with van der Waals surface area (Å²) in [5.41, 5.74) is 3.69. The molecule has 0 unspecified atom stereocenters. The van der Waals surface area contributed by atoms with Crippen molar-refractivity contribution in [1.29, 1.82) is 0 Å². The summed E-state index contributed by atoms with van der Waals surface area (Å²) in [7, 11) is 0. The number of ether oxygens (including phenoxy) is 1. The number of thiophene rings is 1. The van der Waals surface area contributed by atoms with Crippen molar-refractivity contribution in [1.82, 2.24) is 15.2 Å². The Balaban J connectivity index is 1.16. The zero-order chi connectivity index (χ0) is 25.8. The van der Waals surface area contributed by atoms with Crippen molar-refractivity contribution < 1.29 is 18.7 Å². The molecular formula is C27H18ClFN4O3S. The third kappa shape index (κ3) is 5.58. The number of hydrogen-bond donors (Lipinski definition) is 1. The second-order valence-corrected chi connectivity index (χ2v) is 9.32. The highest BCUT2D eigenvalue weighted by Gasteiger charge is 2.19. The molecular weight excluding hydrogens is 515 g/mol. The van der Waals surface area contributed by atoms with E-state index in [1.165, 1.54) is 34.4 Å². The minimum Gasteiger partial charge on any atom is -0.422 e. The number of hydrogen-bond acceptors (Lipinski definition) is 6. The largest absolute Gasteiger partial charge is 0.422 e. The van der Waals surface area contributed by atoms with Gasteiger partial charge in [0.25, 0.3) is 5.91 Å². The van der Waals surface area contributed by atoms with Crippen molar-refractivity contribution in [2.45, 2.75) is 6.54 Å². The molecule has 1 N–H and O–H groups in total. The van der Waals surface area contributed by atoms with E-state index in [2.05, 4.69) is 15.6 Å². The van der Waals surface area contributed by atoms with E-state index < -0.39 is 11.9 Å². The first-order valence-corrected chi connectivity index (χ1v) is 12.3. The van der Waals surface area contributed by atoms with Gasteiger partial charge in [-0.25, -0.2) is 14.6 Å². The van der Waals surface area contributed by atoms with E-state index in [0.29, 0.717) is 26.8 Å². The molecule has 5 aromatic rings. The van der Waals surface area contributed by atoms with Crippen LogP contribution in [0, 0.1) is 5.82 Å². The maximum absolute atomic E-state index is 13.8. The summed E-state index contributed by atoms with van der Waals surface area (Å²) in [5.74, 6) is -1.03. The van der Waals surface area contributed by atoms with Crippen LogP contribution in [0.4, 0.5) is 4.39 Å². The Bertz CT molecular complexity index is 1630. The van der Waals surface area contributed by atoms with Gasteiger partial charge < -0.3 is 4.74 Å². The Hall–Kier alpha value is -4.34. The maximum Gasteiger partial charge on any atom is 0.355 e. The highest BCUT2D eigenvalue weighted by molar-refractivity contribution is 7.21. The molecule has 2 aromatic heterocycles. The predicted octanol–water partition coefficient (Wildman–Crippen LogP) is 5.92. The molecule has 3 aromatic carbocycles. The number of nitrogens with zero attached hydrogens (tertiary/aromatic N) is 3. The number of hydrazone groups is 1. The molecule has 0 aliphatic carbocycles. The van der Waals surface area contributed by atoms with Crippen molar-refractivity contribution in [3.05, 3.63) is 118 Å². The third-order valence-electron chi connectivity index (χ3n) is 5.35. The number of rotatable bonds is 7. The van der Waals surface area contributed by atoms with E-state index >= 15 is 0 Å². The fourth-order valence-electron chi connectivity index (χ4n) is 3.52. The summed E-state index contributed by atoms with van der Waals surface area (Å²) in [4.78, 5) is 25.3. The number of halogens is 2. The van der Waals surface area contributed by atoms with Gasteiger partial charge in [0.2, 0.25) is 0 Å². The second kappa shape index (κ2) is 10.7. The molecule has 37 heavy (non-hydrogen) atoms.